The van der Waals surface area contributed by atoms with Gasteiger partial charge < -0.3 is 10.1 Å². The van der Waals surface area contributed by atoms with Gasteiger partial charge in [-0.2, -0.15) is 10.2 Å². The molecule has 0 radical (unpaired) electrons. The zero-order chi connectivity index (χ0) is 14.3. The molecular formula is C13H15N5O2. The van der Waals surface area contributed by atoms with E-state index in [1.807, 2.05) is 24.7 Å². The molecule has 0 saturated heterocycles. The van der Waals surface area contributed by atoms with Gasteiger partial charge in [-0.05, 0) is 19.9 Å². The lowest BCUT2D eigenvalue weighted by Gasteiger charge is -2.03. The van der Waals surface area contributed by atoms with Crippen LogP contribution in [0, 0.1) is 0 Å². The van der Waals surface area contributed by atoms with E-state index < -0.39 is 0 Å². The molecule has 0 fully saturated rings. The van der Waals surface area contributed by atoms with Crippen LogP contribution < -0.4 is 5.56 Å². The third-order valence-electron chi connectivity index (χ3n) is 3.12. The van der Waals surface area contributed by atoms with Gasteiger partial charge in [0.05, 0.1) is 30.4 Å². The molecule has 7 heteroatoms. The van der Waals surface area contributed by atoms with Gasteiger partial charge in [-0.15, -0.1) is 0 Å². The summed E-state index contributed by atoms with van der Waals surface area (Å²) in [5.41, 5.74) is 2.09. The minimum absolute atomic E-state index is 0.193. The molecule has 0 aliphatic rings. The normalized spacial score (nSPS) is 11.6. The van der Waals surface area contributed by atoms with E-state index in [4.69, 9.17) is 5.11 Å². The minimum atomic E-state index is -0.244. The van der Waals surface area contributed by atoms with Crippen molar-refractivity contribution >= 4 is 5.52 Å². The Balaban J connectivity index is 2.13. The monoisotopic (exact) mass is 273 g/mol. The van der Waals surface area contributed by atoms with Gasteiger partial charge in [0.25, 0.3) is 5.56 Å². The van der Waals surface area contributed by atoms with Gasteiger partial charge in [0.15, 0.2) is 0 Å². The van der Waals surface area contributed by atoms with Crippen LogP contribution in [0.5, 0.6) is 0 Å². The summed E-state index contributed by atoms with van der Waals surface area (Å²) in [6.45, 7) is 3.87. The average molecular weight is 273 g/mol. The van der Waals surface area contributed by atoms with Crippen LogP contribution in [0.2, 0.25) is 0 Å². The SMILES string of the molecule is CC(C)n1cc(-c2cn3nc(CO)cc3c(=O)[nH]2)cn1. The summed E-state index contributed by atoms with van der Waals surface area (Å²) >= 11 is 0. The van der Waals surface area contributed by atoms with Crippen LogP contribution in [-0.4, -0.2) is 29.5 Å². The van der Waals surface area contributed by atoms with Gasteiger partial charge in [0.2, 0.25) is 0 Å². The Morgan fingerprint density at radius 1 is 1.40 bits per heavy atom. The highest BCUT2D eigenvalue weighted by Crippen LogP contribution is 2.17. The standard InChI is InChI=1S/C13H15N5O2/c1-8(2)17-5-9(4-14-17)11-6-18-12(13(20)15-11)3-10(7-19)16-18/h3-6,8,19H,7H2,1-2H3,(H,15,20). The summed E-state index contributed by atoms with van der Waals surface area (Å²) in [7, 11) is 0. The number of H-pyrrole nitrogens is 1. The molecule has 0 atom stereocenters. The lowest BCUT2D eigenvalue weighted by Crippen LogP contribution is -2.10. The smallest absolute Gasteiger partial charge is 0.274 e. The quantitative estimate of drug-likeness (QED) is 0.744. The van der Waals surface area contributed by atoms with Crippen molar-refractivity contribution in [2.75, 3.05) is 0 Å². The summed E-state index contributed by atoms with van der Waals surface area (Å²) in [6, 6.07) is 1.82. The summed E-state index contributed by atoms with van der Waals surface area (Å²) in [6.07, 6.45) is 5.30. The maximum absolute atomic E-state index is 12.0. The van der Waals surface area contributed by atoms with Crippen molar-refractivity contribution in [2.45, 2.75) is 26.5 Å². The fourth-order valence-corrected chi connectivity index (χ4v) is 2.04. The fourth-order valence-electron chi connectivity index (χ4n) is 2.04. The van der Waals surface area contributed by atoms with Crippen molar-refractivity contribution in [3.63, 3.8) is 0 Å². The molecule has 3 aromatic heterocycles. The second-order valence-electron chi connectivity index (χ2n) is 4.92. The summed E-state index contributed by atoms with van der Waals surface area (Å²) in [5, 5.41) is 17.5. The van der Waals surface area contributed by atoms with Crippen molar-refractivity contribution in [2.24, 2.45) is 0 Å². The molecule has 0 spiro atoms. The van der Waals surface area contributed by atoms with Crippen molar-refractivity contribution in [3.05, 3.63) is 40.7 Å². The van der Waals surface area contributed by atoms with Crippen molar-refractivity contribution in [3.8, 4) is 11.3 Å². The Kier molecular flexibility index (Phi) is 2.90. The number of hydrogen-bond donors (Lipinski definition) is 2. The Bertz CT molecular complexity index is 812. The second kappa shape index (κ2) is 4.61. The summed E-state index contributed by atoms with van der Waals surface area (Å²) < 4.78 is 3.30. The van der Waals surface area contributed by atoms with E-state index in [9.17, 15) is 4.79 Å². The molecule has 3 heterocycles. The van der Waals surface area contributed by atoms with Crippen LogP contribution >= 0.6 is 0 Å². The van der Waals surface area contributed by atoms with Crippen LogP contribution in [0.4, 0.5) is 0 Å². The number of hydrogen-bond acceptors (Lipinski definition) is 4. The predicted octanol–water partition coefficient (Wildman–Crippen LogP) is 0.959. The maximum atomic E-state index is 12.0. The lowest BCUT2D eigenvalue weighted by molar-refractivity contribution is 0.276. The van der Waals surface area contributed by atoms with Crippen LogP contribution in [0.1, 0.15) is 25.6 Å². The predicted molar refractivity (Wildman–Crippen MR) is 73.3 cm³/mol. The molecule has 0 unspecified atom stereocenters. The number of rotatable bonds is 3. The fraction of sp³-hybridized carbons (Fsp3) is 0.308. The molecule has 3 aromatic rings. The zero-order valence-electron chi connectivity index (χ0n) is 11.2. The second-order valence-corrected chi connectivity index (χ2v) is 4.92. The van der Waals surface area contributed by atoms with Crippen LogP contribution in [0.3, 0.4) is 0 Å². The average Bonchev–Trinajstić information content (AvgIpc) is 3.05. The van der Waals surface area contributed by atoms with Gasteiger partial charge in [-0.1, -0.05) is 0 Å². The molecule has 0 aliphatic heterocycles. The highest BCUT2D eigenvalue weighted by molar-refractivity contribution is 5.58. The van der Waals surface area contributed by atoms with E-state index in [1.54, 1.807) is 18.5 Å². The largest absolute Gasteiger partial charge is 0.390 e. The number of fused-ring (bicyclic) bond motifs is 1. The van der Waals surface area contributed by atoms with Crippen molar-refractivity contribution in [1.29, 1.82) is 0 Å². The van der Waals surface area contributed by atoms with E-state index in [2.05, 4.69) is 15.2 Å². The number of aromatic nitrogens is 5. The van der Waals surface area contributed by atoms with Crippen molar-refractivity contribution < 1.29 is 5.11 Å². The number of nitrogens with one attached hydrogen (secondary N) is 1. The summed E-state index contributed by atoms with van der Waals surface area (Å²) in [5.74, 6) is 0. The highest BCUT2D eigenvalue weighted by Gasteiger charge is 2.10. The maximum Gasteiger partial charge on any atom is 0.274 e. The molecular weight excluding hydrogens is 258 g/mol. The van der Waals surface area contributed by atoms with E-state index in [-0.39, 0.29) is 18.2 Å². The Morgan fingerprint density at radius 2 is 2.20 bits per heavy atom. The third kappa shape index (κ3) is 2.01. The van der Waals surface area contributed by atoms with Gasteiger partial charge in [-0.3, -0.25) is 9.48 Å². The van der Waals surface area contributed by atoms with Gasteiger partial charge in [-0.25, -0.2) is 4.52 Å². The zero-order valence-corrected chi connectivity index (χ0v) is 11.2. The van der Waals surface area contributed by atoms with Crippen LogP contribution in [-0.2, 0) is 6.61 Å². The van der Waals surface area contributed by atoms with E-state index in [0.717, 1.165) is 5.56 Å². The van der Waals surface area contributed by atoms with Crippen LogP contribution in [0.15, 0.2) is 29.5 Å². The van der Waals surface area contributed by atoms with Gasteiger partial charge in [0.1, 0.15) is 5.52 Å². The molecule has 2 N–H and O–H groups in total. The topological polar surface area (TPSA) is 88.2 Å². The Morgan fingerprint density at radius 3 is 2.85 bits per heavy atom. The molecule has 104 valence electrons. The first-order valence-corrected chi connectivity index (χ1v) is 6.35. The van der Waals surface area contributed by atoms with Gasteiger partial charge >= 0.3 is 0 Å². The molecule has 0 aliphatic carbocycles. The lowest BCUT2D eigenvalue weighted by atomic mass is 10.2. The Labute approximate surface area is 114 Å². The molecule has 0 aromatic carbocycles. The van der Waals surface area contributed by atoms with Gasteiger partial charge in [0, 0.05) is 17.8 Å². The molecule has 7 nitrogen and oxygen atoms in total. The molecule has 0 amide bonds. The molecule has 0 saturated carbocycles. The van der Waals surface area contributed by atoms with E-state index >= 15 is 0 Å². The first-order valence-electron chi connectivity index (χ1n) is 6.35. The minimum Gasteiger partial charge on any atom is -0.390 e. The van der Waals surface area contributed by atoms with E-state index in [1.165, 1.54) is 4.52 Å². The number of aliphatic hydroxyl groups is 1. The Hall–Kier alpha value is -2.41. The third-order valence-corrected chi connectivity index (χ3v) is 3.12. The highest BCUT2D eigenvalue weighted by atomic mass is 16.3. The number of nitrogens with zero attached hydrogens (tertiary/aromatic N) is 4. The summed E-state index contributed by atoms with van der Waals surface area (Å²) in [4.78, 5) is 14.8. The van der Waals surface area contributed by atoms with Crippen molar-refractivity contribution in [1.82, 2.24) is 24.4 Å². The van der Waals surface area contributed by atoms with E-state index in [0.29, 0.717) is 16.9 Å². The molecule has 20 heavy (non-hydrogen) atoms. The first-order chi connectivity index (χ1) is 9.58. The molecule has 0 bridgehead atoms. The number of aliphatic hydroxyl groups excluding tert-OH is 1. The number of aromatic amines is 1. The van der Waals surface area contributed by atoms with Crippen LogP contribution in [0.25, 0.3) is 16.8 Å². The molecule has 3 rings (SSSR count). The first kappa shape index (κ1) is 12.6.